The quantitative estimate of drug-likeness (QED) is 0.488. The molecule has 0 aliphatic carbocycles. The number of nitrogens with zero attached hydrogens (tertiary/aromatic N) is 3. The summed E-state index contributed by atoms with van der Waals surface area (Å²) in [5.74, 6) is 0.848. The van der Waals surface area contributed by atoms with Crippen molar-refractivity contribution >= 4 is 5.69 Å². The number of hydrogen-bond donors (Lipinski definition) is 0. The monoisotopic (exact) mass is 377 g/mol. The lowest BCUT2D eigenvalue weighted by atomic mass is 10.0. The molecule has 0 fully saturated rings. The van der Waals surface area contributed by atoms with Crippen LogP contribution in [0.3, 0.4) is 0 Å². The fourth-order valence-electron chi connectivity index (χ4n) is 3.94. The standard InChI is InChI=1S/C22H23N3O3/c1-28-20-11-5-17(6-12-20)16-24-15-3-14-23-13-2-4-21(23)22(24)18-7-9-19(10-8-18)25(26)27/h2,4-13,22H,3,14-16H2,1H3/t22-/m1/s1. The molecule has 2 heterocycles. The van der Waals surface area contributed by atoms with Crippen LogP contribution in [0.25, 0.3) is 0 Å². The van der Waals surface area contributed by atoms with Gasteiger partial charge in [-0.3, -0.25) is 15.0 Å². The van der Waals surface area contributed by atoms with E-state index in [1.807, 2.05) is 24.3 Å². The Bertz CT molecular complexity index is 948. The van der Waals surface area contributed by atoms with Gasteiger partial charge in [-0.2, -0.15) is 0 Å². The van der Waals surface area contributed by atoms with Gasteiger partial charge < -0.3 is 9.30 Å². The van der Waals surface area contributed by atoms with Crippen LogP contribution in [0.2, 0.25) is 0 Å². The summed E-state index contributed by atoms with van der Waals surface area (Å²) in [5, 5.41) is 11.0. The molecule has 0 spiro atoms. The summed E-state index contributed by atoms with van der Waals surface area (Å²) in [6.07, 6.45) is 3.17. The highest BCUT2D eigenvalue weighted by Gasteiger charge is 2.27. The van der Waals surface area contributed by atoms with E-state index >= 15 is 0 Å². The van der Waals surface area contributed by atoms with Crippen molar-refractivity contribution in [2.45, 2.75) is 25.6 Å². The first-order chi connectivity index (χ1) is 13.7. The Balaban J connectivity index is 1.69. The molecule has 1 aliphatic rings. The van der Waals surface area contributed by atoms with Crippen LogP contribution in [0.1, 0.15) is 29.3 Å². The zero-order chi connectivity index (χ0) is 19.5. The van der Waals surface area contributed by atoms with Gasteiger partial charge in [-0.25, -0.2) is 0 Å². The topological polar surface area (TPSA) is 60.5 Å². The number of ether oxygens (including phenoxy) is 1. The van der Waals surface area contributed by atoms with Crippen LogP contribution in [0.4, 0.5) is 5.69 Å². The van der Waals surface area contributed by atoms with Gasteiger partial charge in [0.05, 0.1) is 18.1 Å². The minimum Gasteiger partial charge on any atom is -0.497 e. The predicted octanol–water partition coefficient (Wildman–Crippen LogP) is 4.40. The van der Waals surface area contributed by atoms with E-state index in [1.54, 1.807) is 19.2 Å². The molecule has 0 radical (unpaired) electrons. The van der Waals surface area contributed by atoms with Crippen LogP contribution >= 0.6 is 0 Å². The van der Waals surface area contributed by atoms with E-state index in [1.165, 1.54) is 11.3 Å². The summed E-state index contributed by atoms with van der Waals surface area (Å²) < 4.78 is 7.56. The maximum atomic E-state index is 11.0. The number of methoxy groups -OCH3 is 1. The molecule has 2 aromatic carbocycles. The van der Waals surface area contributed by atoms with Gasteiger partial charge in [0.1, 0.15) is 5.75 Å². The van der Waals surface area contributed by atoms with Gasteiger partial charge >= 0.3 is 0 Å². The van der Waals surface area contributed by atoms with Crippen LogP contribution in [0.5, 0.6) is 5.75 Å². The second kappa shape index (κ2) is 7.86. The van der Waals surface area contributed by atoms with Crippen LogP contribution in [0.15, 0.2) is 66.9 Å². The van der Waals surface area contributed by atoms with Crippen molar-refractivity contribution in [3.05, 3.63) is 93.8 Å². The SMILES string of the molecule is COc1ccc(CN2CCCn3cccc3[C@H]2c2ccc([N+](=O)[O-])cc2)cc1. The molecule has 6 nitrogen and oxygen atoms in total. The van der Waals surface area contributed by atoms with Crippen molar-refractivity contribution < 1.29 is 9.66 Å². The summed E-state index contributed by atoms with van der Waals surface area (Å²) in [4.78, 5) is 13.1. The molecule has 3 aromatic rings. The molecular formula is C22H23N3O3. The van der Waals surface area contributed by atoms with Gasteiger partial charge in [0, 0.05) is 43.7 Å². The lowest BCUT2D eigenvalue weighted by Crippen LogP contribution is -2.29. The Morgan fingerprint density at radius 1 is 1.07 bits per heavy atom. The third kappa shape index (κ3) is 3.64. The molecule has 0 saturated heterocycles. The predicted molar refractivity (Wildman–Crippen MR) is 107 cm³/mol. The minimum absolute atomic E-state index is 0.0559. The summed E-state index contributed by atoms with van der Waals surface area (Å²) >= 11 is 0. The highest BCUT2D eigenvalue weighted by Crippen LogP contribution is 2.34. The zero-order valence-electron chi connectivity index (χ0n) is 15.8. The van der Waals surface area contributed by atoms with Crippen LogP contribution in [0, 0.1) is 10.1 Å². The molecule has 0 bridgehead atoms. The Labute approximate surface area is 164 Å². The average molecular weight is 377 g/mol. The van der Waals surface area contributed by atoms with Crippen LogP contribution < -0.4 is 4.74 Å². The van der Waals surface area contributed by atoms with Crippen LogP contribution in [-0.4, -0.2) is 28.0 Å². The Morgan fingerprint density at radius 2 is 1.82 bits per heavy atom. The van der Waals surface area contributed by atoms with E-state index in [2.05, 4.69) is 39.9 Å². The van der Waals surface area contributed by atoms with Crippen molar-refractivity contribution in [3.8, 4) is 5.75 Å². The van der Waals surface area contributed by atoms with Gasteiger partial charge in [-0.1, -0.05) is 24.3 Å². The van der Waals surface area contributed by atoms with Crippen molar-refractivity contribution in [1.82, 2.24) is 9.47 Å². The first kappa shape index (κ1) is 18.3. The summed E-state index contributed by atoms with van der Waals surface area (Å²) in [7, 11) is 1.67. The number of hydrogen-bond acceptors (Lipinski definition) is 4. The third-order valence-corrected chi connectivity index (χ3v) is 5.32. The highest BCUT2D eigenvalue weighted by molar-refractivity contribution is 5.38. The van der Waals surface area contributed by atoms with Gasteiger partial charge in [-0.05, 0) is 41.8 Å². The summed E-state index contributed by atoms with van der Waals surface area (Å²) in [5.41, 5.74) is 3.63. The lowest BCUT2D eigenvalue weighted by Gasteiger charge is -2.30. The maximum Gasteiger partial charge on any atom is 0.269 e. The smallest absolute Gasteiger partial charge is 0.269 e. The van der Waals surface area contributed by atoms with Gasteiger partial charge in [0.25, 0.3) is 5.69 Å². The van der Waals surface area contributed by atoms with Crippen molar-refractivity contribution in [3.63, 3.8) is 0 Å². The molecule has 144 valence electrons. The van der Waals surface area contributed by atoms with Gasteiger partial charge in [0.15, 0.2) is 0 Å². The number of aromatic nitrogens is 1. The van der Waals surface area contributed by atoms with Gasteiger partial charge in [0.2, 0.25) is 0 Å². The molecule has 28 heavy (non-hydrogen) atoms. The van der Waals surface area contributed by atoms with E-state index in [0.29, 0.717) is 0 Å². The molecule has 6 heteroatoms. The van der Waals surface area contributed by atoms with Gasteiger partial charge in [-0.15, -0.1) is 0 Å². The van der Waals surface area contributed by atoms with Crippen molar-refractivity contribution in [1.29, 1.82) is 0 Å². The maximum absolute atomic E-state index is 11.0. The Morgan fingerprint density at radius 3 is 2.50 bits per heavy atom. The fourth-order valence-corrected chi connectivity index (χ4v) is 3.94. The molecule has 1 atom stereocenters. The lowest BCUT2D eigenvalue weighted by molar-refractivity contribution is -0.384. The number of aryl methyl sites for hydroxylation is 1. The number of nitro benzene ring substituents is 1. The molecular weight excluding hydrogens is 354 g/mol. The fraction of sp³-hybridized carbons (Fsp3) is 0.273. The van der Waals surface area contributed by atoms with E-state index in [-0.39, 0.29) is 16.7 Å². The Kier molecular flexibility index (Phi) is 5.12. The second-order valence-corrected chi connectivity index (χ2v) is 7.05. The summed E-state index contributed by atoms with van der Waals surface area (Å²) in [6.45, 7) is 2.73. The number of non-ortho nitro benzene ring substituents is 1. The van der Waals surface area contributed by atoms with Crippen molar-refractivity contribution in [2.24, 2.45) is 0 Å². The first-order valence-corrected chi connectivity index (χ1v) is 9.42. The summed E-state index contributed by atoms with van der Waals surface area (Å²) in [6, 6.07) is 19.4. The second-order valence-electron chi connectivity index (χ2n) is 7.05. The molecule has 1 aromatic heterocycles. The third-order valence-electron chi connectivity index (χ3n) is 5.32. The average Bonchev–Trinajstić information content (AvgIpc) is 3.10. The molecule has 0 unspecified atom stereocenters. The zero-order valence-corrected chi connectivity index (χ0v) is 15.8. The molecule has 0 amide bonds. The first-order valence-electron chi connectivity index (χ1n) is 9.42. The number of rotatable bonds is 5. The highest BCUT2D eigenvalue weighted by atomic mass is 16.6. The minimum atomic E-state index is -0.352. The van der Waals surface area contributed by atoms with E-state index < -0.39 is 0 Å². The normalized spacial score (nSPS) is 17.0. The Hall–Kier alpha value is -3.12. The number of nitro groups is 1. The van der Waals surface area contributed by atoms with Crippen molar-refractivity contribution in [2.75, 3.05) is 13.7 Å². The molecule has 4 rings (SSSR count). The molecule has 0 N–H and O–H groups in total. The van der Waals surface area contributed by atoms with Crippen LogP contribution in [-0.2, 0) is 13.1 Å². The van der Waals surface area contributed by atoms with E-state index in [4.69, 9.17) is 4.74 Å². The van der Waals surface area contributed by atoms with E-state index in [9.17, 15) is 10.1 Å². The van der Waals surface area contributed by atoms with E-state index in [0.717, 1.165) is 37.4 Å². The largest absolute Gasteiger partial charge is 0.497 e. The molecule has 0 saturated carbocycles. The number of benzene rings is 2. The molecule has 1 aliphatic heterocycles. The number of fused-ring (bicyclic) bond motifs is 1.